The lowest BCUT2D eigenvalue weighted by atomic mass is 9.81. The Balaban J connectivity index is 0.000000640. The fourth-order valence-corrected chi connectivity index (χ4v) is 1.02. The average molecular weight is 152 g/mol. The second-order valence-corrected chi connectivity index (χ2v) is 2.46. The summed E-state index contributed by atoms with van der Waals surface area (Å²) in [6.07, 6.45) is 2.45. The molecule has 0 amide bonds. The third-order valence-corrected chi connectivity index (χ3v) is 1.86. The van der Waals surface area contributed by atoms with Crippen molar-refractivity contribution in [1.82, 2.24) is 0 Å². The topological polar surface area (TPSA) is 35.2 Å². The molecule has 1 rings (SSSR count). The van der Waals surface area contributed by atoms with E-state index in [9.17, 15) is 0 Å². The van der Waals surface area contributed by atoms with Gasteiger partial charge in [-0.25, -0.2) is 0 Å². The maximum Gasteiger partial charge on any atom is 0.0505 e. The Kier molecular flexibility index (Phi) is 4.19. The zero-order valence-corrected chi connectivity index (χ0v) is 6.49. The van der Waals surface area contributed by atoms with Crippen molar-refractivity contribution < 1.29 is 4.74 Å². The van der Waals surface area contributed by atoms with Crippen LogP contribution in [0, 0.1) is 5.92 Å². The molecule has 0 aromatic heterocycles. The molecule has 0 bridgehead atoms. The van der Waals surface area contributed by atoms with Gasteiger partial charge in [0, 0.05) is 13.2 Å². The van der Waals surface area contributed by atoms with Crippen LogP contribution in [-0.2, 0) is 4.74 Å². The third-order valence-electron chi connectivity index (χ3n) is 1.86. The lowest BCUT2D eigenvalue weighted by Crippen LogP contribution is -2.41. The number of ether oxygens (including phenoxy) is 1. The first kappa shape index (κ1) is 9.21. The molecule has 1 saturated carbocycles. The minimum Gasteiger partial charge on any atom is -0.384 e. The normalized spacial score (nSPS) is 32.7. The van der Waals surface area contributed by atoms with Crippen molar-refractivity contribution >= 4 is 12.4 Å². The van der Waals surface area contributed by atoms with Crippen molar-refractivity contribution in [1.29, 1.82) is 0 Å². The summed E-state index contributed by atoms with van der Waals surface area (Å²) in [6, 6.07) is 0.426. The molecule has 1 aliphatic rings. The van der Waals surface area contributed by atoms with E-state index in [1.165, 1.54) is 12.8 Å². The maximum absolute atomic E-state index is 5.63. The molecule has 1 aliphatic carbocycles. The summed E-state index contributed by atoms with van der Waals surface area (Å²) in [7, 11) is 1.73. The molecular weight excluding hydrogens is 138 g/mol. The lowest BCUT2D eigenvalue weighted by Gasteiger charge is -2.32. The molecule has 0 heterocycles. The molecule has 1 fully saturated rings. The van der Waals surface area contributed by atoms with Crippen molar-refractivity contribution in [3.05, 3.63) is 0 Å². The Bertz CT molecular complexity index is 79.5. The summed E-state index contributed by atoms with van der Waals surface area (Å²) in [6.45, 7) is 0.848. The Morgan fingerprint density at radius 1 is 1.56 bits per heavy atom. The van der Waals surface area contributed by atoms with Gasteiger partial charge in [0.05, 0.1) is 6.61 Å². The SMILES string of the molecule is COC[C@@H]1CC[C@H]1N.Cl. The number of halogens is 1. The number of hydrogen-bond donors (Lipinski definition) is 1. The van der Waals surface area contributed by atoms with Crippen LogP contribution < -0.4 is 5.73 Å². The molecule has 2 atom stereocenters. The summed E-state index contributed by atoms with van der Waals surface area (Å²) >= 11 is 0. The monoisotopic (exact) mass is 151 g/mol. The summed E-state index contributed by atoms with van der Waals surface area (Å²) in [5.41, 5.74) is 5.63. The minimum atomic E-state index is 0. The van der Waals surface area contributed by atoms with Crippen molar-refractivity contribution in [2.75, 3.05) is 13.7 Å². The van der Waals surface area contributed by atoms with E-state index in [0.717, 1.165) is 6.61 Å². The van der Waals surface area contributed by atoms with E-state index >= 15 is 0 Å². The van der Waals surface area contributed by atoms with Gasteiger partial charge < -0.3 is 10.5 Å². The van der Waals surface area contributed by atoms with E-state index in [2.05, 4.69) is 0 Å². The molecule has 2 nitrogen and oxygen atoms in total. The standard InChI is InChI=1S/C6H13NO.ClH/c1-8-4-5-2-3-6(5)7;/h5-6H,2-4,7H2,1H3;1H/t5-,6+;/m0./s1. The average Bonchev–Trinajstić information content (AvgIpc) is 1.79. The lowest BCUT2D eigenvalue weighted by molar-refractivity contribution is 0.0945. The predicted octanol–water partition coefficient (Wildman–Crippen LogP) is 0.792. The highest BCUT2D eigenvalue weighted by Gasteiger charge is 2.26. The molecule has 0 aliphatic heterocycles. The Morgan fingerprint density at radius 2 is 2.22 bits per heavy atom. The van der Waals surface area contributed by atoms with Crippen LogP contribution >= 0.6 is 12.4 Å². The molecular formula is C6H14ClNO. The number of rotatable bonds is 2. The van der Waals surface area contributed by atoms with Crippen molar-refractivity contribution in [3.8, 4) is 0 Å². The van der Waals surface area contributed by atoms with Crippen LogP contribution in [0.3, 0.4) is 0 Å². The van der Waals surface area contributed by atoms with Gasteiger partial charge in [0.2, 0.25) is 0 Å². The van der Waals surface area contributed by atoms with E-state index in [1.54, 1.807) is 7.11 Å². The first-order valence-corrected chi connectivity index (χ1v) is 3.09. The summed E-state index contributed by atoms with van der Waals surface area (Å²) < 4.78 is 4.94. The number of nitrogens with two attached hydrogens (primary N) is 1. The smallest absolute Gasteiger partial charge is 0.0505 e. The number of methoxy groups -OCH3 is 1. The van der Waals surface area contributed by atoms with Crippen molar-refractivity contribution in [3.63, 3.8) is 0 Å². The molecule has 0 radical (unpaired) electrons. The highest BCUT2D eigenvalue weighted by Crippen LogP contribution is 2.24. The van der Waals surface area contributed by atoms with Gasteiger partial charge >= 0.3 is 0 Å². The van der Waals surface area contributed by atoms with Crippen molar-refractivity contribution in [2.45, 2.75) is 18.9 Å². The highest BCUT2D eigenvalue weighted by atomic mass is 35.5. The Hall–Kier alpha value is 0.210. The van der Waals surface area contributed by atoms with Gasteiger partial charge in [-0.15, -0.1) is 12.4 Å². The number of hydrogen-bond acceptors (Lipinski definition) is 2. The van der Waals surface area contributed by atoms with Gasteiger partial charge in [0.25, 0.3) is 0 Å². The van der Waals surface area contributed by atoms with Crippen LogP contribution in [0.2, 0.25) is 0 Å². The van der Waals surface area contributed by atoms with Gasteiger partial charge in [0.15, 0.2) is 0 Å². The molecule has 2 N–H and O–H groups in total. The fraction of sp³-hybridized carbons (Fsp3) is 1.00. The molecule has 0 unspecified atom stereocenters. The van der Waals surface area contributed by atoms with Crippen LogP contribution in [0.1, 0.15) is 12.8 Å². The second kappa shape index (κ2) is 4.09. The first-order valence-electron chi connectivity index (χ1n) is 3.09. The zero-order chi connectivity index (χ0) is 5.98. The molecule has 0 aromatic rings. The van der Waals surface area contributed by atoms with E-state index in [0.29, 0.717) is 12.0 Å². The molecule has 3 heteroatoms. The van der Waals surface area contributed by atoms with Crippen molar-refractivity contribution in [2.24, 2.45) is 11.7 Å². The molecule has 0 saturated heterocycles. The quantitative estimate of drug-likeness (QED) is 0.634. The summed E-state index contributed by atoms with van der Waals surface area (Å²) in [5, 5.41) is 0. The van der Waals surface area contributed by atoms with Crippen LogP contribution in [-0.4, -0.2) is 19.8 Å². The second-order valence-electron chi connectivity index (χ2n) is 2.46. The Morgan fingerprint density at radius 3 is 2.33 bits per heavy atom. The van der Waals surface area contributed by atoms with Crippen LogP contribution in [0.15, 0.2) is 0 Å². The summed E-state index contributed by atoms with van der Waals surface area (Å²) in [4.78, 5) is 0. The van der Waals surface area contributed by atoms with Gasteiger partial charge in [-0.1, -0.05) is 0 Å². The van der Waals surface area contributed by atoms with Crippen LogP contribution in [0.25, 0.3) is 0 Å². The maximum atomic E-state index is 5.63. The van der Waals surface area contributed by atoms with E-state index in [1.807, 2.05) is 0 Å². The van der Waals surface area contributed by atoms with Gasteiger partial charge in [0.1, 0.15) is 0 Å². The highest BCUT2D eigenvalue weighted by molar-refractivity contribution is 5.85. The largest absolute Gasteiger partial charge is 0.384 e. The van der Waals surface area contributed by atoms with E-state index < -0.39 is 0 Å². The molecule has 0 aromatic carbocycles. The van der Waals surface area contributed by atoms with Crippen LogP contribution in [0.4, 0.5) is 0 Å². The van der Waals surface area contributed by atoms with Gasteiger partial charge in [-0.2, -0.15) is 0 Å². The van der Waals surface area contributed by atoms with Gasteiger partial charge in [-0.05, 0) is 18.8 Å². The molecule has 56 valence electrons. The fourth-order valence-electron chi connectivity index (χ4n) is 1.02. The predicted molar refractivity (Wildman–Crippen MR) is 39.8 cm³/mol. The summed E-state index contributed by atoms with van der Waals surface area (Å²) in [5.74, 6) is 0.653. The van der Waals surface area contributed by atoms with E-state index in [4.69, 9.17) is 10.5 Å². The van der Waals surface area contributed by atoms with Gasteiger partial charge in [-0.3, -0.25) is 0 Å². The zero-order valence-electron chi connectivity index (χ0n) is 5.67. The molecule has 9 heavy (non-hydrogen) atoms. The van der Waals surface area contributed by atoms with Crippen LogP contribution in [0.5, 0.6) is 0 Å². The minimum absolute atomic E-state index is 0. The third kappa shape index (κ3) is 2.12. The van der Waals surface area contributed by atoms with E-state index in [-0.39, 0.29) is 12.4 Å². The Labute approximate surface area is 62.2 Å². The first-order chi connectivity index (χ1) is 3.84. The molecule has 0 spiro atoms.